The van der Waals surface area contributed by atoms with Crippen LogP contribution in [0.2, 0.25) is 0 Å². The maximum absolute atomic E-state index is 10.9. The van der Waals surface area contributed by atoms with E-state index >= 15 is 0 Å². The number of rotatable bonds is 5. The lowest BCUT2D eigenvalue weighted by Crippen LogP contribution is -2.00. The maximum atomic E-state index is 10.9. The predicted molar refractivity (Wildman–Crippen MR) is 97.7 cm³/mol. The molecule has 0 unspecified atom stereocenters. The first-order valence-electron chi connectivity index (χ1n) is 7.91. The lowest BCUT2D eigenvalue weighted by molar-refractivity contribution is -0.136. The van der Waals surface area contributed by atoms with Crippen LogP contribution in [0.3, 0.4) is 0 Å². The van der Waals surface area contributed by atoms with Crippen LogP contribution in [-0.4, -0.2) is 15.6 Å². The van der Waals surface area contributed by atoms with Gasteiger partial charge in [0.1, 0.15) is 0 Å². The molecular weight excluding hydrogens is 286 g/mol. The third-order valence-electron chi connectivity index (χ3n) is 3.60. The monoisotopic (exact) mass is 313 g/mol. The van der Waals surface area contributed by atoms with Crippen molar-refractivity contribution in [3.05, 3.63) is 60.3 Å². The van der Waals surface area contributed by atoms with Crippen molar-refractivity contribution in [1.82, 2.24) is 4.57 Å². The molecule has 1 aromatic carbocycles. The number of aliphatic carboxylic acids is 1. The zero-order valence-corrected chi connectivity index (χ0v) is 14.5. The molecular formula is C20H27NO2. The molecule has 0 amide bonds. The van der Waals surface area contributed by atoms with Crippen molar-refractivity contribution in [2.75, 3.05) is 0 Å². The minimum atomic E-state index is -0.791. The van der Waals surface area contributed by atoms with Gasteiger partial charge < -0.3 is 9.67 Å². The molecule has 0 spiro atoms. The molecule has 0 aliphatic heterocycles. The Balaban J connectivity index is 0.000000463. The lowest BCUT2D eigenvalue weighted by Gasteiger charge is -2.04. The van der Waals surface area contributed by atoms with Crippen molar-refractivity contribution in [2.45, 2.75) is 40.7 Å². The summed E-state index contributed by atoms with van der Waals surface area (Å²) in [4.78, 5) is 10.9. The van der Waals surface area contributed by atoms with Crippen LogP contribution in [0.4, 0.5) is 0 Å². The number of carbonyl (C=O) groups is 1. The average Bonchev–Trinajstić information content (AvgIpc) is 2.85. The summed E-state index contributed by atoms with van der Waals surface area (Å²) in [5.74, 6) is -0.143. The molecule has 124 valence electrons. The summed E-state index contributed by atoms with van der Waals surface area (Å²) >= 11 is 0. The predicted octanol–water partition coefficient (Wildman–Crippen LogP) is 5.06. The van der Waals surface area contributed by atoms with E-state index in [1.54, 1.807) is 0 Å². The summed E-state index contributed by atoms with van der Waals surface area (Å²) in [6, 6.07) is 7.94. The Morgan fingerprint density at radius 3 is 2.48 bits per heavy atom. The van der Waals surface area contributed by atoms with E-state index < -0.39 is 5.97 Å². The number of para-hydroxylation sites is 1. The summed E-state index contributed by atoms with van der Waals surface area (Å²) < 4.78 is 2.11. The molecule has 3 heteroatoms. The summed E-state index contributed by atoms with van der Waals surface area (Å²) in [6.45, 7) is 12.7. The highest BCUT2D eigenvalue weighted by Gasteiger charge is 2.10. The number of aromatic nitrogens is 1. The number of carboxylic acid groups (broad SMARTS) is 1. The second-order valence-corrected chi connectivity index (χ2v) is 5.98. The molecule has 1 aromatic heterocycles. The molecule has 0 bridgehead atoms. The van der Waals surface area contributed by atoms with Crippen molar-refractivity contribution >= 4 is 16.9 Å². The number of fused-ring (bicyclic) bond motifs is 1. The Labute approximate surface area is 138 Å². The highest BCUT2D eigenvalue weighted by Crippen LogP contribution is 2.22. The zero-order chi connectivity index (χ0) is 17.4. The van der Waals surface area contributed by atoms with Gasteiger partial charge in [-0.1, -0.05) is 49.8 Å². The fourth-order valence-electron chi connectivity index (χ4n) is 2.12. The third kappa shape index (κ3) is 5.78. The minimum Gasteiger partial charge on any atom is -0.481 e. The summed E-state index contributed by atoms with van der Waals surface area (Å²) in [6.07, 6.45) is 6.01. The van der Waals surface area contributed by atoms with Gasteiger partial charge in [-0.3, -0.25) is 4.79 Å². The van der Waals surface area contributed by atoms with Crippen LogP contribution in [0.5, 0.6) is 0 Å². The maximum Gasteiger partial charge on any atom is 0.307 e. The topological polar surface area (TPSA) is 42.2 Å². The van der Waals surface area contributed by atoms with Gasteiger partial charge in [-0.2, -0.15) is 0 Å². The second kappa shape index (κ2) is 8.99. The van der Waals surface area contributed by atoms with Crippen molar-refractivity contribution in [2.24, 2.45) is 5.92 Å². The SMILES string of the molecule is C/C=C(\C)Cn1cc(CC(=O)O)c2ccccc21.C=CC(C)C. The number of benzene rings is 1. The van der Waals surface area contributed by atoms with Gasteiger partial charge in [0.05, 0.1) is 6.42 Å². The van der Waals surface area contributed by atoms with E-state index in [0.717, 1.165) is 23.0 Å². The molecule has 23 heavy (non-hydrogen) atoms. The quantitative estimate of drug-likeness (QED) is 0.784. The largest absolute Gasteiger partial charge is 0.481 e. The van der Waals surface area contributed by atoms with E-state index in [9.17, 15) is 4.79 Å². The first kappa shape index (κ1) is 18.8. The van der Waals surface area contributed by atoms with Crippen LogP contribution in [0.15, 0.2) is 54.8 Å². The molecule has 0 saturated heterocycles. The fraction of sp³-hybridized carbons (Fsp3) is 0.350. The Bertz CT molecular complexity index is 693. The molecule has 0 fully saturated rings. The molecule has 3 nitrogen and oxygen atoms in total. The summed E-state index contributed by atoms with van der Waals surface area (Å²) in [5.41, 5.74) is 3.23. The van der Waals surface area contributed by atoms with Crippen molar-refractivity contribution in [3.63, 3.8) is 0 Å². The van der Waals surface area contributed by atoms with Crippen LogP contribution < -0.4 is 0 Å². The van der Waals surface area contributed by atoms with E-state index in [4.69, 9.17) is 5.11 Å². The van der Waals surface area contributed by atoms with Crippen LogP contribution in [0.1, 0.15) is 33.3 Å². The highest BCUT2D eigenvalue weighted by atomic mass is 16.4. The molecule has 2 aromatic rings. The number of hydrogen-bond acceptors (Lipinski definition) is 1. The van der Waals surface area contributed by atoms with Gasteiger partial charge in [-0.15, -0.1) is 6.58 Å². The van der Waals surface area contributed by atoms with Crippen LogP contribution in [0.25, 0.3) is 10.9 Å². The molecule has 0 atom stereocenters. The number of nitrogens with zero attached hydrogens (tertiary/aromatic N) is 1. The number of carboxylic acids is 1. The number of hydrogen-bond donors (Lipinski definition) is 1. The van der Waals surface area contributed by atoms with Gasteiger partial charge in [0, 0.05) is 23.6 Å². The Morgan fingerprint density at radius 2 is 1.96 bits per heavy atom. The molecule has 1 N–H and O–H groups in total. The van der Waals surface area contributed by atoms with Crippen LogP contribution in [0, 0.1) is 5.92 Å². The summed E-state index contributed by atoms with van der Waals surface area (Å²) in [5, 5.41) is 9.97. The molecule has 0 radical (unpaired) electrons. The molecule has 0 aliphatic rings. The van der Waals surface area contributed by atoms with Crippen molar-refractivity contribution in [1.29, 1.82) is 0 Å². The molecule has 0 saturated carbocycles. The van der Waals surface area contributed by atoms with Gasteiger partial charge >= 0.3 is 5.97 Å². The second-order valence-electron chi connectivity index (χ2n) is 5.98. The van der Waals surface area contributed by atoms with Gasteiger partial charge in [0.2, 0.25) is 0 Å². The van der Waals surface area contributed by atoms with Crippen LogP contribution >= 0.6 is 0 Å². The first-order valence-corrected chi connectivity index (χ1v) is 7.91. The van der Waals surface area contributed by atoms with E-state index in [1.807, 2.05) is 43.5 Å². The molecule has 1 heterocycles. The average molecular weight is 313 g/mol. The van der Waals surface area contributed by atoms with Gasteiger partial charge in [0.25, 0.3) is 0 Å². The lowest BCUT2D eigenvalue weighted by atomic mass is 10.1. The Kier molecular flexibility index (Phi) is 7.33. The van der Waals surface area contributed by atoms with E-state index in [2.05, 4.69) is 38.0 Å². The van der Waals surface area contributed by atoms with Crippen molar-refractivity contribution < 1.29 is 9.90 Å². The van der Waals surface area contributed by atoms with Gasteiger partial charge in [-0.25, -0.2) is 0 Å². The molecule has 2 rings (SSSR count). The smallest absolute Gasteiger partial charge is 0.307 e. The van der Waals surface area contributed by atoms with Gasteiger partial charge in [-0.05, 0) is 31.4 Å². The van der Waals surface area contributed by atoms with Crippen LogP contribution in [-0.2, 0) is 17.8 Å². The van der Waals surface area contributed by atoms with E-state index in [0.29, 0.717) is 5.92 Å². The highest BCUT2D eigenvalue weighted by molar-refractivity contribution is 5.87. The van der Waals surface area contributed by atoms with Gasteiger partial charge in [0.15, 0.2) is 0 Å². The molecule has 0 aliphatic carbocycles. The number of allylic oxidation sites excluding steroid dienone is 3. The van der Waals surface area contributed by atoms with E-state index in [-0.39, 0.29) is 6.42 Å². The van der Waals surface area contributed by atoms with Crippen molar-refractivity contribution in [3.8, 4) is 0 Å². The minimum absolute atomic E-state index is 0.0718. The first-order chi connectivity index (χ1) is 10.9. The zero-order valence-electron chi connectivity index (χ0n) is 14.5. The van der Waals surface area contributed by atoms with E-state index in [1.165, 1.54) is 5.57 Å². The normalized spacial score (nSPS) is 11.3. The Morgan fingerprint density at radius 1 is 1.35 bits per heavy atom. The third-order valence-corrected chi connectivity index (χ3v) is 3.60. The standard InChI is InChI=1S/C15H17NO2.C5H10/c1-3-11(2)9-16-10-12(8-15(17)18)13-6-4-5-7-14(13)16;1-4-5(2)3/h3-7,10H,8-9H2,1-2H3,(H,17,18);4-5H,1H2,2-3H3/b11-3+;. The Hall–Kier alpha value is -2.29. The summed E-state index contributed by atoms with van der Waals surface area (Å²) in [7, 11) is 0. The fourth-order valence-corrected chi connectivity index (χ4v) is 2.12.